The van der Waals surface area contributed by atoms with Crippen molar-refractivity contribution in [1.29, 1.82) is 0 Å². The molecule has 4 atom stereocenters. The smallest absolute Gasteiger partial charge is 0.363 e. The minimum atomic E-state index is -0.764. The van der Waals surface area contributed by atoms with Crippen LogP contribution in [0.2, 0.25) is 20.4 Å². The molecule has 48 heavy (non-hydrogen) atoms. The Kier molecular flexibility index (Phi) is 13.5. The minimum Gasteiger partial charge on any atom is -0.470 e. The molecule has 2 aliphatic heterocycles. The number of amidine groups is 1. The average molecular weight is 753 g/mol. The van der Waals surface area contributed by atoms with Crippen LogP contribution in [0.25, 0.3) is 0 Å². The van der Waals surface area contributed by atoms with Crippen molar-refractivity contribution in [3.8, 4) is 0 Å². The highest BCUT2D eigenvalue weighted by Crippen LogP contribution is 2.34. The van der Waals surface area contributed by atoms with Gasteiger partial charge in [0.15, 0.2) is 10.9 Å². The monoisotopic (exact) mass is 750 g/mol. The Hall–Kier alpha value is -3.80. The maximum Gasteiger partial charge on any atom is 0.363 e. The van der Waals surface area contributed by atoms with Gasteiger partial charge in [0.2, 0.25) is 0 Å². The Labute approximate surface area is 303 Å². The van der Waals surface area contributed by atoms with Crippen molar-refractivity contribution >= 4 is 64.0 Å². The predicted octanol–water partition coefficient (Wildman–Crippen LogP) is 9.23. The summed E-state index contributed by atoms with van der Waals surface area (Å²) in [5.74, 6) is 1.13. The van der Waals surface area contributed by atoms with Crippen LogP contribution in [0.15, 0.2) is 103 Å². The number of alkyl halides is 1. The van der Waals surface area contributed by atoms with Gasteiger partial charge in [-0.3, -0.25) is 0 Å². The molecular formula is C33H31Cl5N6O4. The third kappa shape index (κ3) is 10.6. The largest absolute Gasteiger partial charge is 0.470 e. The number of ether oxygens (including phenoxy) is 2. The number of hydrogen-bond donors (Lipinski definition) is 1. The van der Waals surface area contributed by atoms with Crippen LogP contribution in [0, 0.1) is 10.1 Å². The van der Waals surface area contributed by atoms with Crippen LogP contribution in [0.3, 0.4) is 0 Å². The van der Waals surface area contributed by atoms with Gasteiger partial charge in [0.1, 0.15) is 27.6 Å². The van der Waals surface area contributed by atoms with Gasteiger partial charge in [-0.15, -0.1) is 11.6 Å². The number of hydrogen-bond acceptors (Lipinski definition) is 7. The van der Waals surface area contributed by atoms with Gasteiger partial charge in [0.05, 0.1) is 12.1 Å². The van der Waals surface area contributed by atoms with E-state index in [1.807, 2.05) is 49.4 Å². The van der Waals surface area contributed by atoms with E-state index in [1.165, 1.54) is 0 Å². The van der Waals surface area contributed by atoms with Gasteiger partial charge < -0.3 is 19.7 Å². The SMILES string of the molecule is C=C1NC(C)C(c2ccc(Cl)cc2)O1.CC1C(c2ccc(Cl)cc2)O/C(=N\[N+](=O)[O-])N1Cc1ccc(Cl)nc1.ClCc1ccc(Cl)nc1. The summed E-state index contributed by atoms with van der Waals surface area (Å²) in [4.78, 5) is 20.4. The summed E-state index contributed by atoms with van der Waals surface area (Å²) in [6.07, 6.45) is 2.93. The van der Waals surface area contributed by atoms with Crippen LogP contribution < -0.4 is 5.32 Å². The second kappa shape index (κ2) is 17.6. The summed E-state index contributed by atoms with van der Waals surface area (Å²) >= 11 is 28.5. The Morgan fingerprint density at radius 1 is 0.833 bits per heavy atom. The van der Waals surface area contributed by atoms with Gasteiger partial charge in [-0.1, -0.05) is 82.8 Å². The third-order valence-electron chi connectivity index (χ3n) is 7.17. The van der Waals surface area contributed by atoms with Crippen molar-refractivity contribution in [3.63, 3.8) is 0 Å². The quantitative estimate of drug-likeness (QED) is 0.0898. The fourth-order valence-corrected chi connectivity index (χ4v) is 5.42. The number of nitro groups is 1. The molecule has 2 aromatic carbocycles. The lowest BCUT2D eigenvalue weighted by molar-refractivity contribution is -0.486. The number of rotatable bonds is 6. The van der Waals surface area contributed by atoms with Crippen molar-refractivity contribution in [2.45, 2.75) is 50.6 Å². The van der Waals surface area contributed by atoms with Crippen LogP contribution in [-0.2, 0) is 21.9 Å². The van der Waals surface area contributed by atoms with Crippen LogP contribution >= 0.6 is 58.0 Å². The third-order valence-corrected chi connectivity index (χ3v) is 8.43. The van der Waals surface area contributed by atoms with Crippen LogP contribution in [0.1, 0.15) is 48.3 Å². The number of nitrogens with zero attached hydrogens (tertiary/aromatic N) is 5. The molecule has 15 heteroatoms. The van der Waals surface area contributed by atoms with E-state index < -0.39 is 11.1 Å². The van der Waals surface area contributed by atoms with E-state index in [1.54, 1.807) is 47.6 Å². The molecule has 0 amide bonds. The molecule has 2 saturated heterocycles. The zero-order valence-electron chi connectivity index (χ0n) is 25.8. The molecule has 10 nitrogen and oxygen atoms in total. The summed E-state index contributed by atoms with van der Waals surface area (Å²) < 4.78 is 11.3. The zero-order valence-corrected chi connectivity index (χ0v) is 29.6. The number of aromatic nitrogens is 2. The standard InChI is InChI=1S/C16H14Cl2N4O3.C11H12ClNO.C6H5Cl2N/c1-10-15(12-3-5-13(17)6-4-12)25-16(20-22(23)24)21(10)9-11-2-7-14(18)19-8-11;1-7-11(14-8(2)13-7)9-3-5-10(12)6-4-9;7-3-5-1-2-6(8)9-4-5/h2-8,10,15H,9H2,1H3;3-7,11,13H,2H2,1H3;1-2,4H,3H2/b20-16-;;. The molecular weight excluding hydrogens is 722 g/mol. The normalized spacial score (nSPS) is 20.4. The summed E-state index contributed by atoms with van der Waals surface area (Å²) in [6, 6.07) is 22.0. The first-order chi connectivity index (χ1) is 22.9. The zero-order chi connectivity index (χ0) is 34.8. The highest BCUT2D eigenvalue weighted by Gasteiger charge is 2.40. The molecule has 1 N–H and O–H groups in total. The maximum atomic E-state index is 10.9. The summed E-state index contributed by atoms with van der Waals surface area (Å²) in [6.45, 7) is 8.09. The van der Waals surface area contributed by atoms with Crippen LogP contribution in [-0.4, -0.2) is 38.0 Å². The van der Waals surface area contributed by atoms with E-state index >= 15 is 0 Å². The fraction of sp³-hybridized carbons (Fsp3) is 0.242. The van der Waals surface area contributed by atoms with Crippen molar-refractivity contribution < 1.29 is 14.5 Å². The van der Waals surface area contributed by atoms with Crippen LogP contribution in [0.5, 0.6) is 0 Å². The van der Waals surface area contributed by atoms with Crippen molar-refractivity contribution in [3.05, 3.63) is 150 Å². The lowest BCUT2D eigenvalue weighted by Gasteiger charge is -2.21. The predicted molar refractivity (Wildman–Crippen MR) is 190 cm³/mol. The molecule has 0 saturated carbocycles. The van der Waals surface area contributed by atoms with Crippen molar-refractivity contribution in [2.75, 3.05) is 0 Å². The molecule has 4 heterocycles. The molecule has 0 radical (unpaired) electrons. The molecule has 0 bridgehead atoms. The highest BCUT2D eigenvalue weighted by molar-refractivity contribution is 6.31. The van der Waals surface area contributed by atoms with Gasteiger partial charge in [0, 0.05) is 34.9 Å². The first kappa shape index (κ1) is 37.0. The Bertz CT molecular complexity index is 1690. The molecule has 4 aromatic rings. The Balaban J connectivity index is 0.000000188. The second-order valence-electron chi connectivity index (χ2n) is 10.6. The number of pyridine rings is 2. The molecule has 2 fully saturated rings. The summed E-state index contributed by atoms with van der Waals surface area (Å²) in [5, 5.41) is 18.8. The van der Waals surface area contributed by atoms with Gasteiger partial charge in [0.25, 0.3) is 0 Å². The summed E-state index contributed by atoms with van der Waals surface area (Å²) in [5.41, 5.74) is 3.81. The first-order valence-corrected chi connectivity index (χ1v) is 16.5. The molecule has 0 aliphatic carbocycles. The van der Waals surface area contributed by atoms with Gasteiger partial charge in [-0.2, -0.15) is 0 Å². The molecule has 6 rings (SSSR count). The molecule has 4 unspecified atom stereocenters. The Morgan fingerprint density at radius 3 is 1.79 bits per heavy atom. The maximum absolute atomic E-state index is 10.9. The molecule has 2 aromatic heterocycles. The topological polar surface area (TPSA) is 115 Å². The summed E-state index contributed by atoms with van der Waals surface area (Å²) in [7, 11) is 0. The van der Waals surface area contributed by atoms with E-state index in [2.05, 4.69) is 33.9 Å². The van der Waals surface area contributed by atoms with E-state index in [-0.39, 0.29) is 24.2 Å². The average Bonchev–Trinajstić information content (AvgIpc) is 3.56. The van der Waals surface area contributed by atoms with Crippen molar-refractivity contribution in [1.82, 2.24) is 20.2 Å². The number of benzene rings is 2. The van der Waals surface area contributed by atoms with Crippen LogP contribution in [0.4, 0.5) is 0 Å². The fourth-order valence-electron chi connectivity index (χ4n) is 4.79. The molecule has 0 spiro atoms. The number of hydrazone groups is 1. The lowest BCUT2D eigenvalue weighted by atomic mass is 10.0. The number of nitrogens with one attached hydrogen (secondary N) is 1. The number of halogens is 5. The van der Waals surface area contributed by atoms with Gasteiger partial charge in [-0.25, -0.2) is 20.1 Å². The van der Waals surface area contributed by atoms with E-state index in [9.17, 15) is 10.1 Å². The van der Waals surface area contributed by atoms with Gasteiger partial charge >= 0.3 is 6.02 Å². The highest BCUT2D eigenvalue weighted by atomic mass is 35.5. The van der Waals surface area contributed by atoms with Crippen molar-refractivity contribution in [2.24, 2.45) is 5.10 Å². The van der Waals surface area contributed by atoms with E-state index in [4.69, 9.17) is 67.5 Å². The Morgan fingerprint density at radius 2 is 1.35 bits per heavy atom. The second-order valence-corrected chi connectivity index (χ2v) is 12.6. The van der Waals surface area contributed by atoms with Gasteiger partial charge in [-0.05, 0) is 79.1 Å². The lowest BCUT2D eigenvalue weighted by Crippen LogP contribution is -2.32. The molecule has 2 aliphatic rings. The minimum absolute atomic E-state index is 0.0348. The van der Waals surface area contributed by atoms with E-state index in [0.717, 1.165) is 27.3 Å². The molecule has 252 valence electrons. The van der Waals surface area contributed by atoms with E-state index in [0.29, 0.717) is 33.6 Å². The first-order valence-electron chi connectivity index (χ1n) is 14.5.